The summed E-state index contributed by atoms with van der Waals surface area (Å²) in [6.45, 7) is -0.102. The average molecular weight is 295 g/mol. The molecule has 88 valence electrons. The van der Waals surface area contributed by atoms with Crippen molar-refractivity contribution in [3.63, 3.8) is 0 Å². The molecule has 1 atom stereocenters. The quantitative estimate of drug-likeness (QED) is 0.631. The Morgan fingerprint density at radius 2 is 2.19 bits per heavy atom. The molecule has 0 amide bonds. The van der Waals surface area contributed by atoms with E-state index in [9.17, 15) is 13.6 Å². The number of halogens is 3. The van der Waals surface area contributed by atoms with Gasteiger partial charge in [-0.15, -0.1) is 0 Å². The van der Waals surface area contributed by atoms with Gasteiger partial charge >= 0.3 is 5.97 Å². The van der Waals surface area contributed by atoms with Crippen molar-refractivity contribution in [3.05, 3.63) is 29.8 Å². The third kappa shape index (κ3) is 3.44. The lowest BCUT2D eigenvalue weighted by Gasteiger charge is -2.10. The molecule has 1 aromatic carbocycles. The van der Waals surface area contributed by atoms with Crippen LogP contribution in [-0.4, -0.2) is 24.5 Å². The van der Waals surface area contributed by atoms with Gasteiger partial charge in [-0.05, 0) is 12.1 Å². The van der Waals surface area contributed by atoms with Gasteiger partial charge in [-0.3, -0.25) is 4.79 Å². The number of alkyl halides is 1. The number of esters is 1. The number of hydrogen-bond donors (Lipinski definition) is 0. The van der Waals surface area contributed by atoms with E-state index in [0.29, 0.717) is 6.07 Å². The summed E-state index contributed by atoms with van der Waals surface area (Å²) < 4.78 is 35.1. The fourth-order valence-corrected chi connectivity index (χ4v) is 1.27. The van der Waals surface area contributed by atoms with Crippen LogP contribution < -0.4 is 4.74 Å². The van der Waals surface area contributed by atoms with Crippen LogP contribution in [0.2, 0.25) is 0 Å². The fourth-order valence-electron chi connectivity index (χ4n) is 0.951. The van der Waals surface area contributed by atoms with Crippen LogP contribution in [0.4, 0.5) is 8.78 Å². The molecule has 16 heavy (non-hydrogen) atoms. The van der Waals surface area contributed by atoms with Crippen molar-refractivity contribution in [1.29, 1.82) is 0 Å². The monoisotopic (exact) mass is 294 g/mol. The number of rotatable bonds is 4. The van der Waals surface area contributed by atoms with Crippen LogP contribution in [-0.2, 0) is 9.53 Å². The highest BCUT2D eigenvalue weighted by Crippen LogP contribution is 2.18. The first-order valence-electron chi connectivity index (χ1n) is 4.34. The lowest BCUT2D eigenvalue weighted by atomic mass is 10.3. The summed E-state index contributed by atoms with van der Waals surface area (Å²) in [5, 5.41) is 0. The lowest BCUT2D eigenvalue weighted by molar-refractivity contribution is -0.140. The van der Waals surface area contributed by atoms with E-state index in [2.05, 4.69) is 20.7 Å². The van der Waals surface area contributed by atoms with Crippen LogP contribution in [0.1, 0.15) is 0 Å². The minimum absolute atomic E-state index is 0.102. The van der Waals surface area contributed by atoms with Crippen LogP contribution in [0.25, 0.3) is 0 Å². The molecule has 0 saturated carbocycles. The number of carbonyl (C=O) groups excluding carboxylic acids is 1. The van der Waals surface area contributed by atoms with E-state index < -0.39 is 22.4 Å². The molecule has 0 aliphatic heterocycles. The molecule has 0 heterocycles. The number of methoxy groups -OCH3 is 1. The van der Waals surface area contributed by atoms with E-state index >= 15 is 0 Å². The molecule has 0 aliphatic rings. The third-order valence-electron chi connectivity index (χ3n) is 1.74. The molecule has 0 fully saturated rings. The van der Waals surface area contributed by atoms with Crippen LogP contribution in [0, 0.1) is 11.6 Å². The molecule has 3 nitrogen and oxygen atoms in total. The Labute approximate surface area is 99.5 Å². The topological polar surface area (TPSA) is 35.5 Å². The molecule has 0 bridgehead atoms. The number of ether oxygens (including phenoxy) is 2. The van der Waals surface area contributed by atoms with Crippen molar-refractivity contribution >= 4 is 21.9 Å². The number of carbonyl (C=O) groups is 1. The van der Waals surface area contributed by atoms with E-state index in [1.54, 1.807) is 0 Å². The maximum Gasteiger partial charge on any atom is 0.322 e. The molecule has 0 radical (unpaired) electrons. The Hall–Kier alpha value is -1.17. The molecule has 1 rings (SSSR count). The molecule has 0 N–H and O–H groups in total. The highest BCUT2D eigenvalue weighted by molar-refractivity contribution is 9.10. The zero-order valence-electron chi connectivity index (χ0n) is 8.38. The first kappa shape index (κ1) is 12.9. The minimum atomic E-state index is -0.815. The molecule has 1 aromatic rings. The van der Waals surface area contributed by atoms with Crippen molar-refractivity contribution in [1.82, 2.24) is 0 Å². The summed E-state index contributed by atoms with van der Waals surface area (Å²) in [4.78, 5) is 10.3. The third-order valence-corrected chi connectivity index (χ3v) is 2.37. The largest absolute Gasteiger partial charge is 0.489 e. The Morgan fingerprint density at radius 1 is 1.50 bits per heavy atom. The summed E-state index contributed by atoms with van der Waals surface area (Å²) in [6.07, 6.45) is 0. The second-order valence-corrected chi connectivity index (χ2v) is 3.98. The highest BCUT2D eigenvalue weighted by atomic mass is 79.9. The van der Waals surface area contributed by atoms with Crippen LogP contribution in [0.3, 0.4) is 0 Å². The Bertz CT molecular complexity index is 384. The summed E-state index contributed by atoms with van der Waals surface area (Å²) in [6, 6.07) is 2.93. The van der Waals surface area contributed by atoms with E-state index in [1.807, 2.05) is 0 Å². The summed E-state index contributed by atoms with van der Waals surface area (Å²) in [5.74, 6) is -2.14. The van der Waals surface area contributed by atoms with Crippen LogP contribution in [0.15, 0.2) is 18.2 Å². The van der Waals surface area contributed by atoms with Crippen LogP contribution >= 0.6 is 15.9 Å². The van der Waals surface area contributed by atoms with Gasteiger partial charge in [-0.2, -0.15) is 0 Å². The molecule has 1 unspecified atom stereocenters. The van der Waals surface area contributed by atoms with Gasteiger partial charge in [0.15, 0.2) is 11.6 Å². The van der Waals surface area contributed by atoms with Gasteiger partial charge in [-0.1, -0.05) is 15.9 Å². The van der Waals surface area contributed by atoms with Gasteiger partial charge in [0.25, 0.3) is 0 Å². The Balaban J connectivity index is 2.58. The number of hydrogen-bond acceptors (Lipinski definition) is 3. The fraction of sp³-hybridized carbons (Fsp3) is 0.300. The van der Waals surface area contributed by atoms with Crippen molar-refractivity contribution < 1.29 is 23.0 Å². The minimum Gasteiger partial charge on any atom is -0.489 e. The molecule has 0 aliphatic carbocycles. The molecular weight excluding hydrogens is 286 g/mol. The molecule has 0 spiro atoms. The van der Waals surface area contributed by atoms with Crippen molar-refractivity contribution in [2.45, 2.75) is 4.83 Å². The van der Waals surface area contributed by atoms with E-state index in [0.717, 1.165) is 12.1 Å². The zero-order valence-corrected chi connectivity index (χ0v) is 9.96. The summed E-state index contributed by atoms with van der Waals surface area (Å²) >= 11 is 3.00. The first-order valence-corrected chi connectivity index (χ1v) is 5.26. The highest BCUT2D eigenvalue weighted by Gasteiger charge is 2.16. The second kappa shape index (κ2) is 5.79. The lowest BCUT2D eigenvalue weighted by Crippen LogP contribution is -2.23. The molecule has 0 aromatic heterocycles. The predicted molar refractivity (Wildman–Crippen MR) is 56.6 cm³/mol. The molecule has 0 saturated heterocycles. The van der Waals surface area contributed by atoms with Gasteiger partial charge in [-0.25, -0.2) is 8.78 Å². The summed E-state index contributed by atoms with van der Waals surface area (Å²) in [5.41, 5.74) is 0. The van der Waals surface area contributed by atoms with Gasteiger partial charge in [0.05, 0.1) is 7.11 Å². The predicted octanol–water partition coefficient (Wildman–Crippen LogP) is 2.28. The SMILES string of the molecule is COC(=O)C(Br)COc1ccc(F)cc1F. The number of benzene rings is 1. The smallest absolute Gasteiger partial charge is 0.322 e. The van der Waals surface area contributed by atoms with Crippen molar-refractivity contribution in [2.24, 2.45) is 0 Å². The normalized spacial score (nSPS) is 12.0. The van der Waals surface area contributed by atoms with Gasteiger partial charge in [0.2, 0.25) is 0 Å². The van der Waals surface area contributed by atoms with Gasteiger partial charge in [0.1, 0.15) is 17.3 Å². The molecular formula is C10H9BrF2O3. The maximum absolute atomic E-state index is 13.1. The zero-order chi connectivity index (χ0) is 12.1. The second-order valence-electron chi connectivity index (χ2n) is 2.88. The van der Waals surface area contributed by atoms with Crippen molar-refractivity contribution in [2.75, 3.05) is 13.7 Å². The first-order chi connectivity index (χ1) is 7.54. The van der Waals surface area contributed by atoms with E-state index in [-0.39, 0.29) is 12.4 Å². The van der Waals surface area contributed by atoms with Gasteiger partial charge < -0.3 is 9.47 Å². The summed E-state index contributed by atoms with van der Waals surface area (Å²) in [7, 11) is 1.23. The van der Waals surface area contributed by atoms with Crippen LogP contribution in [0.5, 0.6) is 5.75 Å². The maximum atomic E-state index is 13.1. The average Bonchev–Trinajstić information content (AvgIpc) is 2.26. The van der Waals surface area contributed by atoms with Crippen molar-refractivity contribution in [3.8, 4) is 5.75 Å². The Kier molecular flexibility index (Phi) is 4.67. The van der Waals surface area contributed by atoms with E-state index in [4.69, 9.17) is 4.74 Å². The van der Waals surface area contributed by atoms with Gasteiger partial charge in [0, 0.05) is 6.07 Å². The Morgan fingerprint density at radius 3 is 2.75 bits per heavy atom. The van der Waals surface area contributed by atoms with E-state index in [1.165, 1.54) is 7.11 Å². The standard InChI is InChI=1S/C10H9BrF2O3/c1-15-10(14)7(11)5-16-9-3-2-6(12)4-8(9)13/h2-4,7H,5H2,1H3. The molecule has 6 heteroatoms.